The number of ether oxygens (including phenoxy) is 1. The molecule has 0 aliphatic rings. The van der Waals surface area contributed by atoms with Gasteiger partial charge in [-0.2, -0.15) is 0 Å². The summed E-state index contributed by atoms with van der Waals surface area (Å²) < 4.78 is 6.76. The third kappa shape index (κ3) is 3.98. The molecule has 0 fully saturated rings. The molecule has 0 amide bonds. The molecule has 0 aromatic heterocycles. The van der Waals surface area contributed by atoms with Gasteiger partial charge in [0.2, 0.25) is 0 Å². The molecular formula is C16H17BrClNO. The first kappa shape index (κ1) is 15.4. The predicted molar refractivity (Wildman–Crippen MR) is 87.8 cm³/mol. The molecule has 1 unspecified atom stereocenters. The summed E-state index contributed by atoms with van der Waals surface area (Å²) in [4.78, 5) is 0. The first-order valence-electron chi connectivity index (χ1n) is 6.43. The molecular weight excluding hydrogens is 338 g/mol. The van der Waals surface area contributed by atoms with Crippen molar-refractivity contribution < 1.29 is 4.74 Å². The Morgan fingerprint density at radius 1 is 1.20 bits per heavy atom. The molecule has 0 aliphatic carbocycles. The molecule has 2 aromatic rings. The number of nitrogens with two attached hydrogens (primary N) is 1. The Morgan fingerprint density at radius 3 is 2.50 bits per heavy atom. The maximum absolute atomic E-state index is 5.92. The first-order chi connectivity index (χ1) is 9.45. The van der Waals surface area contributed by atoms with Crippen molar-refractivity contribution in [3.63, 3.8) is 0 Å². The van der Waals surface area contributed by atoms with Crippen LogP contribution in [0.15, 0.2) is 40.9 Å². The lowest BCUT2D eigenvalue weighted by atomic mass is 10.0. The normalized spacial score (nSPS) is 12.2. The van der Waals surface area contributed by atoms with Crippen molar-refractivity contribution in [2.45, 2.75) is 26.3 Å². The topological polar surface area (TPSA) is 35.2 Å². The summed E-state index contributed by atoms with van der Waals surface area (Å²) in [5, 5.41) is 0.674. The monoisotopic (exact) mass is 353 g/mol. The van der Waals surface area contributed by atoms with Crippen LogP contribution in [-0.2, 0) is 6.42 Å². The predicted octanol–water partition coefficient (Wildman–Crippen LogP) is 5.09. The number of halogens is 2. The Hall–Kier alpha value is -1.03. The molecule has 0 bridgehead atoms. The lowest BCUT2D eigenvalue weighted by molar-refractivity contribution is 0.475. The van der Waals surface area contributed by atoms with Crippen LogP contribution in [0.25, 0.3) is 0 Å². The second-order valence-electron chi connectivity index (χ2n) is 4.96. The lowest BCUT2D eigenvalue weighted by Crippen LogP contribution is -2.17. The number of hydrogen-bond donors (Lipinski definition) is 1. The zero-order chi connectivity index (χ0) is 14.7. The van der Waals surface area contributed by atoms with Crippen molar-refractivity contribution in [3.8, 4) is 11.5 Å². The van der Waals surface area contributed by atoms with Crippen LogP contribution in [-0.4, -0.2) is 6.04 Å². The van der Waals surface area contributed by atoms with E-state index < -0.39 is 0 Å². The third-order valence-electron chi connectivity index (χ3n) is 2.91. The fourth-order valence-electron chi connectivity index (χ4n) is 2.00. The Bertz CT molecular complexity index is 613. The molecule has 106 valence electrons. The SMILES string of the molecule is Cc1cc(CC(C)N)ccc1Oc1ccc(Cl)cc1Br. The van der Waals surface area contributed by atoms with Gasteiger partial charge in [0.15, 0.2) is 0 Å². The Labute approximate surface area is 133 Å². The van der Waals surface area contributed by atoms with E-state index in [4.69, 9.17) is 22.1 Å². The molecule has 2 aromatic carbocycles. The molecule has 0 saturated heterocycles. The highest BCUT2D eigenvalue weighted by molar-refractivity contribution is 9.10. The second-order valence-corrected chi connectivity index (χ2v) is 6.25. The summed E-state index contributed by atoms with van der Waals surface area (Å²) in [6, 6.07) is 11.8. The van der Waals surface area contributed by atoms with Crippen LogP contribution in [0.1, 0.15) is 18.1 Å². The lowest BCUT2D eigenvalue weighted by Gasteiger charge is -2.12. The van der Waals surface area contributed by atoms with Gasteiger partial charge in [0.05, 0.1) is 4.47 Å². The molecule has 0 aliphatic heterocycles. The van der Waals surface area contributed by atoms with Gasteiger partial charge in [0, 0.05) is 11.1 Å². The van der Waals surface area contributed by atoms with Crippen molar-refractivity contribution in [1.29, 1.82) is 0 Å². The van der Waals surface area contributed by atoms with Crippen molar-refractivity contribution in [2.24, 2.45) is 5.73 Å². The molecule has 1 atom stereocenters. The first-order valence-corrected chi connectivity index (χ1v) is 7.61. The van der Waals surface area contributed by atoms with E-state index in [0.717, 1.165) is 28.0 Å². The average Bonchev–Trinajstić information content (AvgIpc) is 2.34. The molecule has 20 heavy (non-hydrogen) atoms. The van der Waals surface area contributed by atoms with Gasteiger partial charge in [-0.3, -0.25) is 0 Å². The van der Waals surface area contributed by atoms with E-state index in [-0.39, 0.29) is 6.04 Å². The van der Waals surface area contributed by atoms with Gasteiger partial charge in [-0.05, 0) is 71.6 Å². The molecule has 2 N–H and O–H groups in total. The summed E-state index contributed by atoms with van der Waals surface area (Å²) in [5.41, 5.74) is 8.13. The highest BCUT2D eigenvalue weighted by Crippen LogP contribution is 2.33. The summed E-state index contributed by atoms with van der Waals surface area (Å²) in [5.74, 6) is 1.58. The van der Waals surface area contributed by atoms with Gasteiger partial charge >= 0.3 is 0 Å². The van der Waals surface area contributed by atoms with Gasteiger partial charge in [-0.1, -0.05) is 23.7 Å². The van der Waals surface area contributed by atoms with Gasteiger partial charge < -0.3 is 10.5 Å². The van der Waals surface area contributed by atoms with Gasteiger partial charge in [-0.15, -0.1) is 0 Å². The Balaban J connectivity index is 2.21. The van der Waals surface area contributed by atoms with Gasteiger partial charge in [-0.25, -0.2) is 0 Å². The minimum atomic E-state index is 0.159. The number of rotatable bonds is 4. The molecule has 0 heterocycles. The molecule has 0 radical (unpaired) electrons. The van der Waals surface area contributed by atoms with Crippen molar-refractivity contribution in [3.05, 3.63) is 57.0 Å². The van der Waals surface area contributed by atoms with E-state index in [1.54, 1.807) is 6.07 Å². The molecule has 2 rings (SSSR count). The van der Waals surface area contributed by atoms with Crippen molar-refractivity contribution in [1.82, 2.24) is 0 Å². The minimum Gasteiger partial charge on any atom is -0.456 e. The standard InChI is InChI=1S/C16H17BrClNO/c1-10-7-12(8-11(2)19)3-5-15(10)20-16-6-4-13(18)9-14(16)17/h3-7,9,11H,8,19H2,1-2H3. The number of hydrogen-bond acceptors (Lipinski definition) is 2. The second kappa shape index (κ2) is 6.61. The maximum Gasteiger partial charge on any atom is 0.141 e. The summed E-state index contributed by atoms with van der Waals surface area (Å²) >= 11 is 9.37. The van der Waals surface area contributed by atoms with Crippen LogP contribution in [0.4, 0.5) is 0 Å². The van der Waals surface area contributed by atoms with E-state index in [9.17, 15) is 0 Å². The number of aryl methyl sites for hydroxylation is 1. The van der Waals surface area contributed by atoms with Crippen LogP contribution in [0.3, 0.4) is 0 Å². The minimum absolute atomic E-state index is 0.159. The smallest absolute Gasteiger partial charge is 0.141 e. The number of benzene rings is 2. The van der Waals surface area contributed by atoms with Gasteiger partial charge in [0.1, 0.15) is 11.5 Å². The quantitative estimate of drug-likeness (QED) is 0.829. The van der Waals surface area contributed by atoms with E-state index in [1.165, 1.54) is 5.56 Å². The largest absolute Gasteiger partial charge is 0.456 e. The van der Waals surface area contributed by atoms with E-state index in [0.29, 0.717) is 5.02 Å². The molecule has 0 spiro atoms. The summed E-state index contributed by atoms with van der Waals surface area (Å²) in [7, 11) is 0. The van der Waals surface area contributed by atoms with Crippen LogP contribution in [0.2, 0.25) is 5.02 Å². The average molecular weight is 355 g/mol. The maximum atomic E-state index is 5.92. The van der Waals surface area contributed by atoms with E-state index in [1.807, 2.05) is 32.0 Å². The third-order valence-corrected chi connectivity index (χ3v) is 3.77. The zero-order valence-corrected chi connectivity index (χ0v) is 13.8. The van der Waals surface area contributed by atoms with Crippen LogP contribution in [0, 0.1) is 6.92 Å². The Kier molecular flexibility index (Phi) is 5.08. The molecule has 2 nitrogen and oxygen atoms in total. The van der Waals surface area contributed by atoms with Crippen LogP contribution in [0.5, 0.6) is 11.5 Å². The zero-order valence-electron chi connectivity index (χ0n) is 11.5. The van der Waals surface area contributed by atoms with E-state index in [2.05, 4.69) is 28.1 Å². The molecule has 0 saturated carbocycles. The summed E-state index contributed by atoms with van der Waals surface area (Å²) in [6.45, 7) is 4.04. The fourth-order valence-corrected chi connectivity index (χ4v) is 2.76. The van der Waals surface area contributed by atoms with Crippen LogP contribution >= 0.6 is 27.5 Å². The van der Waals surface area contributed by atoms with Crippen molar-refractivity contribution in [2.75, 3.05) is 0 Å². The van der Waals surface area contributed by atoms with E-state index >= 15 is 0 Å². The van der Waals surface area contributed by atoms with Gasteiger partial charge in [0.25, 0.3) is 0 Å². The highest BCUT2D eigenvalue weighted by atomic mass is 79.9. The fraction of sp³-hybridized carbons (Fsp3) is 0.250. The van der Waals surface area contributed by atoms with Crippen LogP contribution < -0.4 is 10.5 Å². The van der Waals surface area contributed by atoms with Crippen molar-refractivity contribution >= 4 is 27.5 Å². The molecule has 4 heteroatoms. The summed E-state index contributed by atoms with van der Waals surface area (Å²) in [6.07, 6.45) is 0.867. The highest BCUT2D eigenvalue weighted by Gasteiger charge is 2.07. The Morgan fingerprint density at radius 2 is 1.90 bits per heavy atom.